The fourth-order valence-corrected chi connectivity index (χ4v) is 4.29. The van der Waals surface area contributed by atoms with Crippen LogP contribution in [0.2, 0.25) is 5.02 Å². The van der Waals surface area contributed by atoms with Gasteiger partial charge in [0.2, 0.25) is 5.75 Å². The molecule has 2 unspecified atom stereocenters. The molecule has 132 valence electrons. The highest BCUT2D eigenvalue weighted by Crippen LogP contribution is 2.64. The first-order valence-corrected chi connectivity index (χ1v) is 8.89. The van der Waals surface area contributed by atoms with Gasteiger partial charge in [0, 0.05) is 5.41 Å². The molecule has 2 atom stereocenters. The summed E-state index contributed by atoms with van der Waals surface area (Å²) >= 11 is 6.19. The molecule has 2 fully saturated rings. The summed E-state index contributed by atoms with van der Waals surface area (Å²) in [5.41, 5.74) is 0.555. The van der Waals surface area contributed by atoms with Crippen molar-refractivity contribution >= 4 is 17.3 Å². The van der Waals surface area contributed by atoms with Crippen LogP contribution in [-0.4, -0.2) is 15.5 Å². The van der Waals surface area contributed by atoms with E-state index in [0.717, 1.165) is 18.6 Å². The average molecular weight is 352 g/mol. The minimum absolute atomic E-state index is 0.0249. The first kappa shape index (κ1) is 17.5. The maximum absolute atomic E-state index is 12.4. The Morgan fingerprint density at radius 3 is 2.54 bits per heavy atom. The van der Waals surface area contributed by atoms with Crippen molar-refractivity contribution in [3.8, 4) is 5.75 Å². The van der Waals surface area contributed by atoms with Crippen molar-refractivity contribution in [3.63, 3.8) is 0 Å². The van der Waals surface area contributed by atoms with Gasteiger partial charge in [-0.25, -0.2) is 4.68 Å². The Hall–Kier alpha value is -1.36. The molecule has 1 aromatic rings. The quantitative estimate of drug-likeness (QED) is 0.749. The minimum atomic E-state index is -0.437. The first-order valence-electron chi connectivity index (χ1n) is 8.51. The van der Waals surface area contributed by atoms with Crippen LogP contribution in [0.5, 0.6) is 5.75 Å². The predicted octanol–water partition coefficient (Wildman–Crippen LogP) is 4.23. The third kappa shape index (κ3) is 2.40. The van der Waals surface area contributed by atoms with E-state index in [-0.39, 0.29) is 27.2 Å². The van der Waals surface area contributed by atoms with Crippen LogP contribution < -0.4 is 10.4 Å². The first-order chi connectivity index (χ1) is 11.0. The van der Waals surface area contributed by atoms with Gasteiger partial charge < -0.3 is 4.84 Å². The Morgan fingerprint density at radius 1 is 1.38 bits per heavy atom. The standard InChI is InChI=1S/C18H26ClN3O2/c1-16(2,3)22-15(23)14(19)12(10-20-22)24-21-13-9-11-7-8-18(13,6)17(11,4)5/h10-11H,7-9H2,1-6H3. The molecule has 0 aromatic carbocycles. The van der Waals surface area contributed by atoms with Gasteiger partial charge in [0.15, 0.2) is 5.02 Å². The molecule has 2 aliphatic rings. The number of hydrogen-bond acceptors (Lipinski definition) is 4. The van der Waals surface area contributed by atoms with E-state index >= 15 is 0 Å². The lowest BCUT2D eigenvalue weighted by Crippen LogP contribution is -2.36. The van der Waals surface area contributed by atoms with E-state index in [4.69, 9.17) is 16.4 Å². The molecule has 0 aliphatic heterocycles. The summed E-state index contributed by atoms with van der Waals surface area (Å²) in [5, 5.41) is 8.58. The molecular weight excluding hydrogens is 326 g/mol. The molecule has 0 spiro atoms. The van der Waals surface area contributed by atoms with Crippen molar-refractivity contribution < 1.29 is 4.84 Å². The van der Waals surface area contributed by atoms with E-state index in [9.17, 15) is 4.79 Å². The van der Waals surface area contributed by atoms with Gasteiger partial charge >= 0.3 is 0 Å². The van der Waals surface area contributed by atoms with Gasteiger partial charge in [-0.05, 0) is 51.4 Å². The molecule has 0 amide bonds. The number of rotatable bonds is 2. The molecule has 1 heterocycles. The van der Waals surface area contributed by atoms with Gasteiger partial charge in [-0.3, -0.25) is 4.79 Å². The van der Waals surface area contributed by atoms with Gasteiger partial charge in [-0.2, -0.15) is 5.10 Å². The lowest BCUT2D eigenvalue weighted by Gasteiger charge is -2.34. The van der Waals surface area contributed by atoms with E-state index in [1.807, 2.05) is 20.8 Å². The molecule has 3 rings (SSSR count). The summed E-state index contributed by atoms with van der Waals surface area (Å²) in [6.45, 7) is 12.6. The van der Waals surface area contributed by atoms with E-state index in [2.05, 4.69) is 31.0 Å². The van der Waals surface area contributed by atoms with E-state index in [1.165, 1.54) is 17.3 Å². The maximum Gasteiger partial charge on any atom is 0.289 e. The highest BCUT2D eigenvalue weighted by atomic mass is 35.5. The van der Waals surface area contributed by atoms with Crippen LogP contribution in [0.1, 0.15) is 60.8 Å². The van der Waals surface area contributed by atoms with Crippen LogP contribution in [0.15, 0.2) is 16.1 Å². The summed E-state index contributed by atoms with van der Waals surface area (Å²) in [6, 6.07) is 0. The zero-order valence-corrected chi connectivity index (χ0v) is 16.1. The fourth-order valence-electron chi connectivity index (χ4n) is 4.13. The lowest BCUT2D eigenvalue weighted by molar-refractivity contribution is 0.191. The SMILES string of the molecule is CC(C)(C)n1ncc(ON=C2CC3CCC2(C)C3(C)C)c(Cl)c1=O. The average Bonchev–Trinajstić information content (AvgIpc) is 2.80. The molecule has 2 bridgehead atoms. The zero-order valence-electron chi connectivity index (χ0n) is 15.3. The van der Waals surface area contributed by atoms with Gasteiger partial charge in [0.1, 0.15) is 0 Å². The van der Waals surface area contributed by atoms with Gasteiger partial charge in [-0.1, -0.05) is 37.5 Å². The zero-order chi connectivity index (χ0) is 17.9. The Bertz CT molecular complexity index is 761. The van der Waals surface area contributed by atoms with Gasteiger partial charge in [0.05, 0.1) is 17.4 Å². The van der Waals surface area contributed by atoms with Crippen LogP contribution in [0, 0.1) is 16.7 Å². The van der Waals surface area contributed by atoms with Gasteiger partial charge in [0.25, 0.3) is 5.56 Å². The number of hydrogen-bond donors (Lipinski definition) is 0. The Labute approximate surface area is 148 Å². The predicted molar refractivity (Wildman–Crippen MR) is 95.8 cm³/mol. The molecule has 0 radical (unpaired) electrons. The van der Waals surface area contributed by atoms with E-state index in [1.54, 1.807) is 0 Å². The second kappa shape index (κ2) is 5.32. The Kier molecular flexibility index (Phi) is 3.87. The monoisotopic (exact) mass is 351 g/mol. The third-order valence-electron chi connectivity index (χ3n) is 6.29. The fraction of sp³-hybridized carbons (Fsp3) is 0.722. The molecule has 2 saturated carbocycles. The number of nitrogens with zero attached hydrogens (tertiary/aromatic N) is 3. The molecular formula is C18H26ClN3O2. The molecule has 6 heteroatoms. The smallest absolute Gasteiger partial charge is 0.289 e. The highest BCUT2D eigenvalue weighted by molar-refractivity contribution is 6.31. The molecule has 5 nitrogen and oxygen atoms in total. The second-order valence-electron chi connectivity index (χ2n) is 8.83. The Morgan fingerprint density at radius 2 is 2.04 bits per heavy atom. The van der Waals surface area contributed by atoms with Crippen molar-refractivity contribution in [1.29, 1.82) is 0 Å². The molecule has 24 heavy (non-hydrogen) atoms. The van der Waals surface area contributed by atoms with Crippen LogP contribution in [0.25, 0.3) is 0 Å². The summed E-state index contributed by atoms with van der Waals surface area (Å²) in [6.07, 6.45) is 4.80. The number of aromatic nitrogens is 2. The normalized spacial score (nSPS) is 30.1. The van der Waals surface area contributed by atoms with Crippen LogP contribution in [-0.2, 0) is 5.54 Å². The molecule has 0 saturated heterocycles. The molecule has 1 aromatic heterocycles. The van der Waals surface area contributed by atoms with Crippen molar-refractivity contribution in [2.24, 2.45) is 21.9 Å². The number of oxime groups is 1. The highest BCUT2D eigenvalue weighted by Gasteiger charge is 2.60. The number of halogens is 1. The van der Waals surface area contributed by atoms with Crippen molar-refractivity contribution in [2.75, 3.05) is 0 Å². The number of fused-ring (bicyclic) bond motifs is 2. The molecule has 0 N–H and O–H groups in total. The second-order valence-corrected chi connectivity index (χ2v) is 9.21. The van der Waals surface area contributed by atoms with Crippen molar-refractivity contribution in [1.82, 2.24) is 9.78 Å². The maximum atomic E-state index is 12.4. The summed E-state index contributed by atoms with van der Waals surface area (Å²) < 4.78 is 1.36. The Balaban J connectivity index is 1.89. The van der Waals surface area contributed by atoms with Crippen LogP contribution in [0.4, 0.5) is 0 Å². The topological polar surface area (TPSA) is 56.5 Å². The van der Waals surface area contributed by atoms with Crippen molar-refractivity contribution in [2.45, 2.75) is 66.3 Å². The van der Waals surface area contributed by atoms with Crippen molar-refractivity contribution in [3.05, 3.63) is 21.6 Å². The third-order valence-corrected chi connectivity index (χ3v) is 6.64. The summed E-state index contributed by atoms with van der Waals surface area (Å²) in [4.78, 5) is 17.9. The molecule has 2 aliphatic carbocycles. The minimum Gasteiger partial charge on any atom is -0.354 e. The van der Waals surface area contributed by atoms with Gasteiger partial charge in [-0.15, -0.1) is 0 Å². The lowest BCUT2D eigenvalue weighted by atomic mass is 9.70. The van der Waals surface area contributed by atoms with Crippen LogP contribution in [0.3, 0.4) is 0 Å². The van der Waals surface area contributed by atoms with E-state index in [0.29, 0.717) is 5.92 Å². The van der Waals surface area contributed by atoms with E-state index < -0.39 is 5.54 Å². The summed E-state index contributed by atoms with van der Waals surface area (Å²) in [5.74, 6) is 0.867. The van der Waals surface area contributed by atoms with Crippen LogP contribution >= 0.6 is 11.6 Å². The summed E-state index contributed by atoms with van der Waals surface area (Å²) in [7, 11) is 0. The largest absolute Gasteiger partial charge is 0.354 e.